The molecule has 0 amide bonds. The maximum absolute atomic E-state index is 12.5. The molecule has 3 aromatic rings. The molecule has 0 aromatic heterocycles. The van der Waals surface area contributed by atoms with E-state index in [9.17, 15) is 13.2 Å². The minimum absolute atomic E-state index is 0.0847. The van der Waals surface area contributed by atoms with Crippen molar-refractivity contribution in [2.75, 3.05) is 4.72 Å². The van der Waals surface area contributed by atoms with Crippen molar-refractivity contribution in [2.45, 2.75) is 11.8 Å². The summed E-state index contributed by atoms with van der Waals surface area (Å²) in [5.41, 5.74) is 0.885. The van der Waals surface area contributed by atoms with Crippen LogP contribution in [0.2, 0.25) is 5.02 Å². The van der Waals surface area contributed by atoms with Crippen LogP contribution in [0.4, 0.5) is 5.69 Å². The molecule has 0 spiro atoms. The number of anilines is 1. The Morgan fingerprint density at radius 1 is 0.926 bits per heavy atom. The lowest BCUT2D eigenvalue weighted by Gasteiger charge is -2.10. The van der Waals surface area contributed by atoms with Crippen LogP contribution in [0, 0.1) is 0 Å². The first-order chi connectivity index (χ1) is 12.8. The van der Waals surface area contributed by atoms with E-state index in [1.165, 1.54) is 19.1 Å². The smallest absolute Gasteiger partial charge is 0.261 e. The van der Waals surface area contributed by atoms with E-state index < -0.39 is 10.0 Å². The first-order valence-corrected chi connectivity index (χ1v) is 9.87. The number of ketones is 1. The number of para-hydroxylation sites is 1. The van der Waals surface area contributed by atoms with E-state index in [2.05, 4.69) is 4.72 Å². The molecule has 0 aliphatic carbocycles. The first kappa shape index (κ1) is 18.9. The Hall–Kier alpha value is -2.83. The van der Waals surface area contributed by atoms with E-state index in [-0.39, 0.29) is 10.7 Å². The second-order valence-electron chi connectivity index (χ2n) is 5.74. The molecule has 0 saturated carbocycles. The van der Waals surface area contributed by atoms with Crippen molar-refractivity contribution in [3.05, 3.63) is 83.4 Å². The van der Waals surface area contributed by atoms with Gasteiger partial charge in [-0.25, -0.2) is 8.42 Å². The van der Waals surface area contributed by atoms with Gasteiger partial charge < -0.3 is 4.74 Å². The standard InChI is InChI=1S/C20H16ClNO4S/c1-14(23)15-6-8-16(9-7-15)22-27(24,25)18-12-10-17(11-13-18)26-20-5-3-2-4-19(20)21/h2-13,22H,1H3. The minimum Gasteiger partial charge on any atom is -0.456 e. The highest BCUT2D eigenvalue weighted by Gasteiger charge is 2.15. The van der Waals surface area contributed by atoms with Gasteiger partial charge in [-0.15, -0.1) is 0 Å². The number of ether oxygens (including phenoxy) is 1. The molecule has 0 atom stereocenters. The predicted octanol–water partition coefficient (Wildman–Crippen LogP) is 5.14. The van der Waals surface area contributed by atoms with Crippen LogP contribution in [0.3, 0.4) is 0 Å². The Bertz CT molecular complexity index is 1060. The number of rotatable bonds is 6. The number of benzene rings is 3. The van der Waals surface area contributed by atoms with E-state index in [0.717, 1.165) is 0 Å². The third-order valence-electron chi connectivity index (χ3n) is 3.74. The lowest BCUT2D eigenvalue weighted by Crippen LogP contribution is -2.12. The molecule has 0 saturated heterocycles. The molecule has 0 bridgehead atoms. The van der Waals surface area contributed by atoms with Crippen molar-refractivity contribution in [1.82, 2.24) is 0 Å². The van der Waals surface area contributed by atoms with Gasteiger partial charge in [0.05, 0.1) is 9.92 Å². The monoisotopic (exact) mass is 401 g/mol. The molecular weight excluding hydrogens is 386 g/mol. The van der Waals surface area contributed by atoms with Crippen LogP contribution in [-0.4, -0.2) is 14.2 Å². The second-order valence-corrected chi connectivity index (χ2v) is 7.83. The molecule has 3 rings (SSSR count). The van der Waals surface area contributed by atoms with Gasteiger partial charge in [-0.05, 0) is 67.6 Å². The van der Waals surface area contributed by atoms with Gasteiger partial charge in [-0.2, -0.15) is 0 Å². The van der Waals surface area contributed by atoms with E-state index in [0.29, 0.717) is 27.8 Å². The van der Waals surface area contributed by atoms with E-state index in [4.69, 9.17) is 16.3 Å². The Morgan fingerprint density at radius 2 is 1.56 bits per heavy atom. The normalized spacial score (nSPS) is 11.0. The summed E-state index contributed by atoms with van der Waals surface area (Å²) >= 11 is 6.05. The van der Waals surface area contributed by atoms with E-state index in [1.54, 1.807) is 60.7 Å². The van der Waals surface area contributed by atoms with Crippen LogP contribution in [0.25, 0.3) is 0 Å². The van der Waals surface area contributed by atoms with E-state index in [1.807, 2.05) is 0 Å². The summed E-state index contributed by atoms with van der Waals surface area (Å²) in [5, 5.41) is 0.463. The van der Waals surface area contributed by atoms with Crippen LogP contribution in [0.15, 0.2) is 77.7 Å². The van der Waals surface area contributed by atoms with Crippen LogP contribution in [0.5, 0.6) is 11.5 Å². The molecule has 0 unspecified atom stereocenters. The summed E-state index contributed by atoms with van der Waals surface area (Å²) in [5.74, 6) is 0.866. The Balaban J connectivity index is 1.75. The fourth-order valence-electron chi connectivity index (χ4n) is 2.33. The molecule has 0 radical (unpaired) electrons. The van der Waals surface area contributed by atoms with Gasteiger partial charge in [0.1, 0.15) is 11.5 Å². The summed E-state index contributed by atoms with van der Waals surface area (Å²) in [6.45, 7) is 1.45. The van der Waals surface area contributed by atoms with Crippen LogP contribution in [-0.2, 0) is 10.0 Å². The molecule has 27 heavy (non-hydrogen) atoms. The van der Waals surface area contributed by atoms with Crippen molar-refractivity contribution in [1.29, 1.82) is 0 Å². The van der Waals surface area contributed by atoms with Crippen LogP contribution >= 0.6 is 11.6 Å². The summed E-state index contributed by atoms with van der Waals surface area (Å²) in [4.78, 5) is 11.4. The molecule has 1 N–H and O–H groups in total. The average molecular weight is 402 g/mol. The van der Waals surface area contributed by atoms with Crippen LogP contribution < -0.4 is 9.46 Å². The number of hydrogen-bond acceptors (Lipinski definition) is 4. The first-order valence-electron chi connectivity index (χ1n) is 8.01. The minimum atomic E-state index is -3.76. The molecule has 3 aromatic carbocycles. The molecule has 0 heterocycles. The topological polar surface area (TPSA) is 72.5 Å². The fraction of sp³-hybridized carbons (Fsp3) is 0.0500. The average Bonchev–Trinajstić information content (AvgIpc) is 2.64. The highest BCUT2D eigenvalue weighted by molar-refractivity contribution is 7.92. The maximum Gasteiger partial charge on any atom is 0.261 e. The number of nitrogens with one attached hydrogen (secondary N) is 1. The number of halogens is 1. The molecule has 138 valence electrons. The maximum atomic E-state index is 12.5. The molecular formula is C20H16ClNO4S. The number of sulfonamides is 1. The molecule has 7 heteroatoms. The third kappa shape index (κ3) is 4.67. The highest BCUT2D eigenvalue weighted by atomic mass is 35.5. The van der Waals surface area contributed by atoms with Crippen molar-refractivity contribution < 1.29 is 17.9 Å². The molecule has 0 aliphatic rings. The van der Waals surface area contributed by atoms with Gasteiger partial charge in [0.15, 0.2) is 5.78 Å². The number of carbonyl (C=O) groups excluding carboxylic acids is 1. The number of hydrogen-bond donors (Lipinski definition) is 1. The zero-order valence-electron chi connectivity index (χ0n) is 14.3. The Kier molecular flexibility index (Phi) is 5.48. The van der Waals surface area contributed by atoms with Crippen LogP contribution in [0.1, 0.15) is 17.3 Å². The quantitative estimate of drug-likeness (QED) is 0.581. The summed E-state index contributed by atoms with van der Waals surface area (Å²) < 4.78 is 33.1. The fourth-order valence-corrected chi connectivity index (χ4v) is 3.56. The molecule has 5 nitrogen and oxygen atoms in total. The van der Waals surface area contributed by atoms with Gasteiger partial charge in [0, 0.05) is 11.3 Å². The van der Waals surface area contributed by atoms with Gasteiger partial charge in [-0.3, -0.25) is 9.52 Å². The van der Waals surface area contributed by atoms with Crippen molar-refractivity contribution in [2.24, 2.45) is 0 Å². The number of carbonyl (C=O) groups is 1. The highest BCUT2D eigenvalue weighted by Crippen LogP contribution is 2.29. The lowest BCUT2D eigenvalue weighted by molar-refractivity contribution is 0.101. The van der Waals surface area contributed by atoms with Gasteiger partial charge in [-0.1, -0.05) is 23.7 Å². The largest absolute Gasteiger partial charge is 0.456 e. The summed E-state index contributed by atoms with van der Waals surface area (Å²) in [7, 11) is -3.76. The second kappa shape index (κ2) is 7.82. The van der Waals surface area contributed by atoms with Gasteiger partial charge in [0.25, 0.3) is 10.0 Å². The van der Waals surface area contributed by atoms with Crippen molar-refractivity contribution >= 4 is 33.1 Å². The summed E-state index contributed by atoms with van der Waals surface area (Å²) in [6.07, 6.45) is 0. The zero-order valence-corrected chi connectivity index (χ0v) is 15.9. The molecule has 0 fully saturated rings. The Labute approximate surface area is 162 Å². The zero-order chi connectivity index (χ0) is 19.4. The SMILES string of the molecule is CC(=O)c1ccc(NS(=O)(=O)c2ccc(Oc3ccccc3Cl)cc2)cc1. The summed E-state index contributed by atoms with van der Waals surface area (Å²) in [6, 6.07) is 19.2. The van der Waals surface area contributed by atoms with Gasteiger partial charge in [0.2, 0.25) is 0 Å². The lowest BCUT2D eigenvalue weighted by atomic mass is 10.1. The van der Waals surface area contributed by atoms with Crippen molar-refractivity contribution in [3.8, 4) is 11.5 Å². The molecule has 0 aliphatic heterocycles. The Morgan fingerprint density at radius 3 is 2.15 bits per heavy atom. The van der Waals surface area contributed by atoms with Crippen molar-refractivity contribution in [3.63, 3.8) is 0 Å². The van der Waals surface area contributed by atoms with E-state index >= 15 is 0 Å². The predicted molar refractivity (Wildman–Crippen MR) is 105 cm³/mol. The number of Topliss-reactive ketones (excluding diaryl/α,β-unsaturated/α-hetero) is 1. The van der Waals surface area contributed by atoms with Gasteiger partial charge >= 0.3 is 0 Å². The third-order valence-corrected chi connectivity index (χ3v) is 5.45.